The highest BCUT2D eigenvalue weighted by Gasteiger charge is 2.20. The number of nitrogens with one attached hydrogen (secondary N) is 1. The number of hydrogen-bond acceptors (Lipinski definition) is 3. The lowest BCUT2D eigenvalue weighted by molar-refractivity contribution is 0.560. The number of hydrogen-bond donors (Lipinski definition) is 2. The van der Waals surface area contributed by atoms with Gasteiger partial charge in [0.25, 0.3) is 0 Å². The van der Waals surface area contributed by atoms with Gasteiger partial charge in [-0.15, -0.1) is 0 Å². The molecule has 0 aromatic heterocycles. The molecule has 0 unspecified atom stereocenters. The van der Waals surface area contributed by atoms with E-state index in [0.717, 1.165) is 0 Å². The Bertz CT molecular complexity index is 451. The summed E-state index contributed by atoms with van der Waals surface area (Å²) in [5.41, 5.74) is 5.77. The lowest BCUT2D eigenvalue weighted by Gasteiger charge is -2.11. The number of halogens is 1. The third kappa shape index (κ3) is 3.10. The Labute approximate surface area is 101 Å². The summed E-state index contributed by atoms with van der Waals surface area (Å²) in [5, 5.41) is 0.135. The minimum absolute atomic E-state index is 0.0442. The molecule has 1 aromatic carbocycles. The molecule has 4 nitrogen and oxygen atoms in total. The molecule has 16 heavy (non-hydrogen) atoms. The Morgan fingerprint density at radius 2 is 2.06 bits per heavy atom. The smallest absolute Gasteiger partial charge is 0.244 e. The van der Waals surface area contributed by atoms with E-state index in [9.17, 15) is 8.42 Å². The number of nitrogens with two attached hydrogens (primary N) is 1. The van der Waals surface area contributed by atoms with Gasteiger partial charge in [-0.1, -0.05) is 31.5 Å². The van der Waals surface area contributed by atoms with Crippen LogP contribution in [-0.2, 0) is 10.0 Å². The maximum absolute atomic E-state index is 11.9. The largest absolute Gasteiger partial charge is 0.398 e. The Kier molecular flexibility index (Phi) is 4.18. The molecule has 1 aromatic rings. The quantitative estimate of drug-likeness (QED) is 0.814. The third-order valence-corrected chi connectivity index (χ3v) is 3.91. The predicted molar refractivity (Wildman–Crippen MR) is 65.9 cm³/mol. The molecule has 0 aliphatic rings. The topological polar surface area (TPSA) is 72.2 Å². The number of rotatable bonds is 4. The van der Waals surface area contributed by atoms with E-state index in [1.807, 2.05) is 13.8 Å². The summed E-state index contributed by atoms with van der Waals surface area (Å²) in [6.45, 7) is 4.18. The second-order valence-electron chi connectivity index (χ2n) is 3.90. The number of benzene rings is 1. The fourth-order valence-corrected chi connectivity index (χ4v) is 3.04. The van der Waals surface area contributed by atoms with E-state index in [1.54, 1.807) is 6.07 Å². The first kappa shape index (κ1) is 13.3. The number of nitrogen functional groups attached to an aromatic ring is 1. The zero-order chi connectivity index (χ0) is 12.3. The molecule has 0 atom stereocenters. The van der Waals surface area contributed by atoms with Crippen molar-refractivity contribution in [3.05, 3.63) is 23.2 Å². The van der Waals surface area contributed by atoms with Crippen molar-refractivity contribution >= 4 is 27.3 Å². The average molecular weight is 263 g/mol. The molecule has 0 aliphatic heterocycles. The van der Waals surface area contributed by atoms with Gasteiger partial charge in [-0.2, -0.15) is 0 Å². The van der Waals surface area contributed by atoms with Crippen molar-refractivity contribution < 1.29 is 8.42 Å². The highest BCUT2D eigenvalue weighted by molar-refractivity contribution is 7.89. The van der Waals surface area contributed by atoms with Crippen LogP contribution in [0.25, 0.3) is 0 Å². The molecule has 0 heterocycles. The van der Waals surface area contributed by atoms with E-state index in [0.29, 0.717) is 6.54 Å². The first-order valence-electron chi connectivity index (χ1n) is 4.88. The van der Waals surface area contributed by atoms with Gasteiger partial charge in [0.05, 0.1) is 10.7 Å². The van der Waals surface area contributed by atoms with Gasteiger partial charge in [-0.25, -0.2) is 13.1 Å². The van der Waals surface area contributed by atoms with Crippen LogP contribution in [0.3, 0.4) is 0 Å². The standard InChI is InChI=1S/C10H15ClN2O2S/c1-7(2)6-13-16(14,15)10-8(11)4-3-5-9(10)12/h3-5,7,13H,6,12H2,1-2H3. The summed E-state index contributed by atoms with van der Waals surface area (Å²) in [4.78, 5) is -0.0442. The molecule has 6 heteroatoms. The first-order chi connectivity index (χ1) is 7.34. The van der Waals surface area contributed by atoms with Crippen LogP contribution in [0, 0.1) is 5.92 Å². The van der Waals surface area contributed by atoms with Crippen LogP contribution >= 0.6 is 11.6 Å². The van der Waals surface area contributed by atoms with Crippen molar-refractivity contribution in [1.29, 1.82) is 0 Å². The minimum Gasteiger partial charge on any atom is -0.398 e. The van der Waals surface area contributed by atoms with Gasteiger partial charge >= 0.3 is 0 Å². The third-order valence-electron chi connectivity index (χ3n) is 1.95. The summed E-state index contributed by atoms with van der Waals surface area (Å²) < 4.78 is 26.3. The molecule has 90 valence electrons. The van der Waals surface area contributed by atoms with Crippen LogP contribution in [0.5, 0.6) is 0 Å². The number of sulfonamides is 1. The van der Waals surface area contributed by atoms with E-state index in [-0.39, 0.29) is 21.5 Å². The van der Waals surface area contributed by atoms with Gasteiger partial charge in [0.1, 0.15) is 4.90 Å². The highest BCUT2D eigenvalue weighted by Crippen LogP contribution is 2.26. The Balaban J connectivity index is 3.08. The molecule has 1 rings (SSSR count). The highest BCUT2D eigenvalue weighted by atomic mass is 35.5. The van der Waals surface area contributed by atoms with Crippen LogP contribution < -0.4 is 10.5 Å². The van der Waals surface area contributed by atoms with Crippen molar-refractivity contribution in [3.63, 3.8) is 0 Å². The predicted octanol–water partition coefficient (Wildman–Crippen LogP) is 1.86. The van der Waals surface area contributed by atoms with Crippen molar-refractivity contribution in [3.8, 4) is 0 Å². The average Bonchev–Trinajstić information content (AvgIpc) is 2.14. The molecule has 0 bridgehead atoms. The normalized spacial score (nSPS) is 12.0. The van der Waals surface area contributed by atoms with Gasteiger partial charge in [-0.3, -0.25) is 0 Å². The molecule has 0 aliphatic carbocycles. The summed E-state index contributed by atoms with van der Waals surface area (Å²) in [5.74, 6) is 0.221. The van der Waals surface area contributed by atoms with Crippen LogP contribution in [0.2, 0.25) is 5.02 Å². The van der Waals surface area contributed by atoms with Crippen molar-refractivity contribution in [2.45, 2.75) is 18.7 Å². The van der Waals surface area contributed by atoms with Gasteiger partial charge < -0.3 is 5.73 Å². The van der Waals surface area contributed by atoms with E-state index < -0.39 is 10.0 Å². The van der Waals surface area contributed by atoms with Crippen molar-refractivity contribution in [2.24, 2.45) is 5.92 Å². The van der Waals surface area contributed by atoms with Crippen LogP contribution in [0.15, 0.2) is 23.1 Å². The van der Waals surface area contributed by atoms with Crippen molar-refractivity contribution in [2.75, 3.05) is 12.3 Å². The SMILES string of the molecule is CC(C)CNS(=O)(=O)c1c(N)cccc1Cl. The van der Waals surface area contributed by atoms with Crippen molar-refractivity contribution in [1.82, 2.24) is 4.72 Å². The molecular weight excluding hydrogens is 248 g/mol. The van der Waals surface area contributed by atoms with Gasteiger partial charge in [0.15, 0.2) is 0 Å². The molecule has 3 N–H and O–H groups in total. The van der Waals surface area contributed by atoms with Gasteiger partial charge in [0.2, 0.25) is 10.0 Å². The van der Waals surface area contributed by atoms with E-state index in [1.165, 1.54) is 12.1 Å². The summed E-state index contributed by atoms with van der Waals surface area (Å²) >= 11 is 5.83. The maximum Gasteiger partial charge on any atom is 0.244 e. The molecule has 0 spiro atoms. The minimum atomic E-state index is -3.62. The van der Waals surface area contributed by atoms with Crippen LogP contribution in [0.1, 0.15) is 13.8 Å². The zero-order valence-corrected chi connectivity index (χ0v) is 10.8. The monoisotopic (exact) mass is 262 g/mol. The fraction of sp³-hybridized carbons (Fsp3) is 0.400. The lowest BCUT2D eigenvalue weighted by Crippen LogP contribution is -2.28. The molecule has 0 saturated heterocycles. The Morgan fingerprint density at radius 3 is 2.56 bits per heavy atom. The molecule has 0 radical (unpaired) electrons. The Morgan fingerprint density at radius 1 is 1.44 bits per heavy atom. The molecule has 0 amide bonds. The molecule has 0 saturated carbocycles. The summed E-state index contributed by atoms with van der Waals surface area (Å²) in [6.07, 6.45) is 0. The van der Waals surface area contributed by atoms with E-state index in [2.05, 4.69) is 4.72 Å². The Hall–Kier alpha value is -0.780. The molecular formula is C10H15ClN2O2S. The first-order valence-corrected chi connectivity index (χ1v) is 6.74. The van der Waals surface area contributed by atoms with E-state index >= 15 is 0 Å². The number of anilines is 1. The lowest BCUT2D eigenvalue weighted by atomic mass is 10.2. The fourth-order valence-electron chi connectivity index (χ4n) is 1.16. The zero-order valence-electron chi connectivity index (χ0n) is 9.20. The summed E-state index contributed by atoms with van der Waals surface area (Å²) in [6, 6.07) is 4.62. The van der Waals surface area contributed by atoms with Gasteiger partial charge in [0, 0.05) is 6.54 Å². The summed E-state index contributed by atoms with van der Waals surface area (Å²) in [7, 11) is -3.62. The second-order valence-corrected chi connectivity index (χ2v) is 6.01. The van der Waals surface area contributed by atoms with E-state index in [4.69, 9.17) is 17.3 Å². The van der Waals surface area contributed by atoms with Crippen LogP contribution in [0.4, 0.5) is 5.69 Å². The van der Waals surface area contributed by atoms with Gasteiger partial charge in [-0.05, 0) is 18.1 Å². The van der Waals surface area contributed by atoms with Crippen LogP contribution in [-0.4, -0.2) is 15.0 Å². The second kappa shape index (κ2) is 5.03. The maximum atomic E-state index is 11.9. The molecule has 0 fully saturated rings.